The normalized spacial score (nSPS) is 12.4. The molecule has 6 nitrogen and oxygen atoms in total. The molecule has 0 saturated heterocycles. The number of nitrogen functional groups attached to an aromatic ring is 1. The predicted molar refractivity (Wildman–Crippen MR) is 52.8 cm³/mol. The minimum atomic E-state index is -0.559. The minimum absolute atomic E-state index is 0.205. The van der Waals surface area contributed by atoms with Crippen LogP contribution in [0.1, 0.15) is 0 Å². The van der Waals surface area contributed by atoms with Gasteiger partial charge in [-0.1, -0.05) is 0 Å². The molecule has 0 fully saturated rings. The van der Waals surface area contributed by atoms with E-state index >= 15 is 0 Å². The van der Waals surface area contributed by atoms with Crippen LogP contribution in [0.25, 0.3) is 0 Å². The van der Waals surface area contributed by atoms with Crippen LogP contribution in [0.3, 0.4) is 0 Å². The topological polar surface area (TPSA) is 93.3 Å². The molecule has 6 heteroatoms. The van der Waals surface area contributed by atoms with Gasteiger partial charge in [0.05, 0.1) is 12.7 Å². The summed E-state index contributed by atoms with van der Waals surface area (Å²) in [5.41, 5.74) is 5.37. The number of hydrogen-bond donors (Lipinski definition) is 3. The van der Waals surface area contributed by atoms with Gasteiger partial charge in [-0.25, -0.2) is 4.98 Å². The van der Waals surface area contributed by atoms with Crippen LogP contribution < -0.4 is 11.1 Å². The van der Waals surface area contributed by atoms with Crippen LogP contribution in [0.4, 0.5) is 11.8 Å². The number of hydrogen-bond acceptors (Lipinski definition) is 6. The molecule has 1 heterocycles. The lowest BCUT2D eigenvalue weighted by molar-refractivity contribution is 0.0727. The number of rotatable bonds is 5. The molecule has 0 radical (unpaired) electrons. The first kappa shape index (κ1) is 10.7. The van der Waals surface area contributed by atoms with Gasteiger partial charge in [-0.05, 0) is 6.07 Å². The second kappa shape index (κ2) is 5.36. The quantitative estimate of drug-likeness (QED) is 0.589. The molecule has 0 spiro atoms. The van der Waals surface area contributed by atoms with Gasteiger partial charge in [0.15, 0.2) is 0 Å². The van der Waals surface area contributed by atoms with Crippen LogP contribution in [0.15, 0.2) is 12.3 Å². The number of methoxy groups -OCH3 is 1. The van der Waals surface area contributed by atoms with Gasteiger partial charge in [-0.15, -0.1) is 0 Å². The Hall–Kier alpha value is -1.40. The number of aromatic nitrogens is 2. The van der Waals surface area contributed by atoms with Gasteiger partial charge < -0.3 is 20.9 Å². The maximum Gasteiger partial charge on any atom is 0.221 e. The molecule has 0 amide bonds. The fraction of sp³-hybridized carbons (Fsp3) is 0.500. The third kappa shape index (κ3) is 3.55. The van der Waals surface area contributed by atoms with Crippen LogP contribution in [0.5, 0.6) is 0 Å². The van der Waals surface area contributed by atoms with Gasteiger partial charge in [0.25, 0.3) is 0 Å². The molecule has 4 N–H and O–H groups in total. The lowest BCUT2D eigenvalue weighted by Crippen LogP contribution is -2.24. The van der Waals surface area contributed by atoms with Crippen molar-refractivity contribution in [2.24, 2.45) is 0 Å². The van der Waals surface area contributed by atoms with Crippen LogP contribution >= 0.6 is 0 Å². The average molecular weight is 198 g/mol. The number of anilines is 2. The Labute approximate surface area is 82.1 Å². The fourth-order valence-corrected chi connectivity index (χ4v) is 0.946. The molecule has 1 aromatic heterocycles. The zero-order chi connectivity index (χ0) is 10.4. The van der Waals surface area contributed by atoms with Crippen molar-refractivity contribution in [2.75, 3.05) is 31.3 Å². The van der Waals surface area contributed by atoms with Crippen molar-refractivity contribution in [2.45, 2.75) is 6.10 Å². The van der Waals surface area contributed by atoms with Crippen molar-refractivity contribution in [3.8, 4) is 0 Å². The van der Waals surface area contributed by atoms with Crippen molar-refractivity contribution >= 4 is 11.8 Å². The van der Waals surface area contributed by atoms with Crippen LogP contribution in [-0.2, 0) is 4.74 Å². The van der Waals surface area contributed by atoms with Gasteiger partial charge in [0.2, 0.25) is 5.95 Å². The molecule has 1 atom stereocenters. The summed E-state index contributed by atoms with van der Waals surface area (Å²) in [5, 5.41) is 12.2. The molecule has 0 aliphatic heterocycles. The smallest absolute Gasteiger partial charge is 0.221 e. The van der Waals surface area contributed by atoms with Crippen LogP contribution in [-0.4, -0.2) is 41.4 Å². The Balaban J connectivity index is 2.37. The SMILES string of the molecule is COCC(O)CNc1ccnc(N)n1. The second-order valence-electron chi connectivity index (χ2n) is 2.79. The third-order valence-corrected chi connectivity index (χ3v) is 1.55. The molecular weight excluding hydrogens is 184 g/mol. The number of nitrogens with two attached hydrogens (primary N) is 1. The first-order chi connectivity index (χ1) is 6.72. The first-order valence-corrected chi connectivity index (χ1v) is 4.21. The molecule has 0 aliphatic carbocycles. The van der Waals surface area contributed by atoms with Gasteiger partial charge in [-0.2, -0.15) is 4.98 Å². The van der Waals surface area contributed by atoms with Crippen molar-refractivity contribution in [3.05, 3.63) is 12.3 Å². The lowest BCUT2D eigenvalue weighted by Gasteiger charge is -2.10. The van der Waals surface area contributed by atoms with Crippen molar-refractivity contribution in [1.82, 2.24) is 9.97 Å². The molecule has 1 unspecified atom stereocenters. The minimum Gasteiger partial charge on any atom is -0.389 e. The average Bonchev–Trinajstić information content (AvgIpc) is 2.15. The Morgan fingerprint density at radius 2 is 2.50 bits per heavy atom. The molecule has 1 aromatic rings. The number of nitrogens with one attached hydrogen (secondary N) is 1. The predicted octanol–water partition coefficient (Wildman–Crippen LogP) is -0.522. The van der Waals surface area contributed by atoms with E-state index < -0.39 is 6.10 Å². The van der Waals surface area contributed by atoms with Crippen molar-refractivity contribution in [3.63, 3.8) is 0 Å². The lowest BCUT2D eigenvalue weighted by atomic mass is 10.4. The Morgan fingerprint density at radius 3 is 3.14 bits per heavy atom. The highest BCUT2D eigenvalue weighted by atomic mass is 16.5. The van der Waals surface area contributed by atoms with E-state index in [2.05, 4.69) is 15.3 Å². The standard InChI is InChI=1S/C8H14N4O2/c1-14-5-6(13)4-11-7-2-3-10-8(9)12-7/h2-3,6,13H,4-5H2,1H3,(H3,9,10,11,12). The fourth-order valence-electron chi connectivity index (χ4n) is 0.946. The van der Waals surface area contributed by atoms with E-state index in [4.69, 9.17) is 10.5 Å². The Bertz CT molecular complexity index is 282. The van der Waals surface area contributed by atoms with E-state index in [1.165, 1.54) is 7.11 Å². The molecule has 14 heavy (non-hydrogen) atoms. The second-order valence-corrected chi connectivity index (χ2v) is 2.79. The third-order valence-electron chi connectivity index (χ3n) is 1.55. The maximum atomic E-state index is 9.32. The van der Waals surface area contributed by atoms with Crippen LogP contribution in [0, 0.1) is 0 Å². The summed E-state index contributed by atoms with van der Waals surface area (Å²) in [6.45, 7) is 0.651. The summed E-state index contributed by atoms with van der Waals surface area (Å²) in [7, 11) is 1.53. The molecule has 0 aromatic carbocycles. The molecular formula is C8H14N4O2. The first-order valence-electron chi connectivity index (χ1n) is 4.21. The Morgan fingerprint density at radius 1 is 1.71 bits per heavy atom. The van der Waals surface area contributed by atoms with Gasteiger partial charge in [-0.3, -0.25) is 0 Å². The van der Waals surface area contributed by atoms with E-state index in [1.54, 1.807) is 12.3 Å². The largest absolute Gasteiger partial charge is 0.389 e. The van der Waals surface area contributed by atoms with E-state index in [0.717, 1.165) is 0 Å². The number of ether oxygens (including phenoxy) is 1. The molecule has 78 valence electrons. The van der Waals surface area contributed by atoms with E-state index in [0.29, 0.717) is 12.4 Å². The van der Waals surface area contributed by atoms with Gasteiger partial charge in [0.1, 0.15) is 5.82 Å². The van der Waals surface area contributed by atoms with Crippen molar-refractivity contribution < 1.29 is 9.84 Å². The zero-order valence-electron chi connectivity index (χ0n) is 7.97. The summed E-state index contributed by atoms with van der Waals surface area (Å²) in [6.07, 6.45) is 0.990. The highest BCUT2D eigenvalue weighted by Crippen LogP contribution is 2.02. The summed E-state index contributed by atoms with van der Waals surface area (Å²) < 4.78 is 4.77. The Kier molecular flexibility index (Phi) is 4.09. The summed E-state index contributed by atoms with van der Waals surface area (Å²) in [4.78, 5) is 7.65. The molecule has 1 rings (SSSR count). The molecule has 0 aliphatic rings. The van der Waals surface area contributed by atoms with Crippen LogP contribution in [0.2, 0.25) is 0 Å². The number of nitrogens with zero attached hydrogens (tertiary/aromatic N) is 2. The van der Waals surface area contributed by atoms with Gasteiger partial charge >= 0.3 is 0 Å². The molecule has 0 bridgehead atoms. The maximum absolute atomic E-state index is 9.32. The van der Waals surface area contributed by atoms with Crippen molar-refractivity contribution in [1.29, 1.82) is 0 Å². The van der Waals surface area contributed by atoms with E-state index in [9.17, 15) is 5.11 Å². The summed E-state index contributed by atoms with van der Waals surface area (Å²) in [6, 6.07) is 1.68. The number of aliphatic hydroxyl groups excluding tert-OH is 1. The van der Waals surface area contributed by atoms with E-state index in [-0.39, 0.29) is 12.6 Å². The van der Waals surface area contributed by atoms with E-state index in [1.807, 2.05) is 0 Å². The monoisotopic (exact) mass is 198 g/mol. The molecule has 0 saturated carbocycles. The number of aliphatic hydroxyl groups is 1. The zero-order valence-corrected chi connectivity index (χ0v) is 7.97. The summed E-state index contributed by atoms with van der Waals surface area (Å²) >= 11 is 0. The van der Waals surface area contributed by atoms with Gasteiger partial charge in [0, 0.05) is 19.9 Å². The highest BCUT2D eigenvalue weighted by molar-refractivity contribution is 5.37. The summed E-state index contributed by atoms with van der Waals surface area (Å²) in [5.74, 6) is 0.795. The highest BCUT2D eigenvalue weighted by Gasteiger charge is 2.03.